The molecule has 3 aromatic rings. The molecule has 1 aromatic carbocycles. The maximum absolute atomic E-state index is 12.4. The lowest BCUT2D eigenvalue weighted by Gasteiger charge is -2.12. The van der Waals surface area contributed by atoms with Crippen molar-refractivity contribution in [2.45, 2.75) is 20.3 Å². The van der Waals surface area contributed by atoms with Crippen LogP contribution in [-0.2, 0) is 6.42 Å². The average Bonchev–Trinajstić information content (AvgIpc) is 2.92. The van der Waals surface area contributed by atoms with E-state index in [1.807, 2.05) is 66.9 Å². The van der Waals surface area contributed by atoms with Crippen molar-refractivity contribution in [1.82, 2.24) is 14.7 Å². The number of hydrogen-bond donors (Lipinski definition) is 2. The van der Waals surface area contributed by atoms with E-state index < -0.39 is 0 Å². The highest BCUT2D eigenvalue weighted by Crippen LogP contribution is 2.26. The first-order valence-corrected chi connectivity index (χ1v) is 8.23. The monoisotopic (exact) mass is 334 g/mol. The summed E-state index contributed by atoms with van der Waals surface area (Å²) in [7, 11) is 1.62. The first kappa shape index (κ1) is 16.8. The van der Waals surface area contributed by atoms with Gasteiger partial charge in [0.1, 0.15) is 0 Å². The molecule has 128 valence electrons. The van der Waals surface area contributed by atoms with E-state index in [2.05, 4.69) is 10.3 Å². The van der Waals surface area contributed by atoms with Crippen LogP contribution in [0, 0.1) is 13.8 Å². The van der Waals surface area contributed by atoms with Gasteiger partial charge in [-0.15, -0.1) is 0 Å². The van der Waals surface area contributed by atoms with Crippen LogP contribution in [0.4, 0.5) is 5.69 Å². The van der Waals surface area contributed by atoms with E-state index in [1.165, 1.54) is 0 Å². The summed E-state index contributed by atoms with van der Waals surface area (Å²) in [6, 6.07) is 10.0. The van der Waals surface area contributed by atoms with E-state index in [0.717, 1.165) is 22.5 Å². The number of aryl methyl sites for hydroxylation is 2. The third kappa shape index (κ3) is 3.13. The molecule has 5 heteroatoms. The predicted molar refractivity (Wildman–Crippen MR) is 102 cm³/mol. The SMILES string of the molecule is CNC(=O)c1cn2c(C)c(C)nc2c(N)c1C/C=C/c1ccccc1. The van der Waals surface area contributed by atoms with Crippen molar-refractivity contribution in [2.24, 2.45) is 0 Å². The Kier molecular flexibility index (Phi) is 4.57. The van der Waals surface area contributed by atoms with Gasteiger partial charge >= 0.3 is 0 Å². The summed E-state index contributed by atoms with van der Waals surface area (Å²) < 4.78 is 1.89. The lowest BCUT2D eigenvalue weighted by molar-refractivity contribution is 0.0962. The summed E-state index contributed by atoms with van der Waals surface area (Å²) in [5, 5.41) is 2.70. The molecule has 0 radical (unpaired) electrons. The molecule has 2 aromatic heterocycles. The summed E-state index contributed by atoms with van der Waals surface area (Å²) in [5.74, 6) is -0.150. The second-order valence-electron chi connectivity index (χ2n) is 6.01. The van der Waals surface area contributed by atoms with E-state index in [-0.39, 0.29) is 5.91 Å². The number of anilines is 1. The molecular formula is C20H22N4O. The standard InChI is InChI=1S/C20H22N4O/c1-13-14(2)24-12-17(20(25)22-3)16(18(21)19(24)23-13)11-7-10-15-8-5-4-6-9-15/h4-10,12H,11,21H2,1-3H3,(H,22,25)/b10-7+. The Balaban J connectivity index is 2.07. The quantitative estimate of drug-likeness (QED) is 0.770. The van der Waals surface area contributed by atoms with Crippen LogP contribution in [0.5, 0.6) is 0 Å². The van der Waals surface area contributed by atoms with Gasteiger partial charge in [0.2, 0.25) is 0 Å². The molecule has 3 rings (SSSR count). The predicted octanol–water partition coefficient (Wildman–Crippen LogP) is 3.15. The summed E-state index contributed by atoms with van der Waals surface area (Å²) >= 11 is 0. The van der Waals surface area contributed by atoms with Crippen LogP contribution in [-0.4, -0.2) is 22.3 Å². The van der Waals surface area contributed by atoms with Gasteiger partial charge in [0.25, 0.3) is 5.91 Å². The molecule has 0 aliphatic carbocycles. The average molecular weight is 334 g/mol. The van der Waals surface area contributed by atoms with Gasteiger partial charge in [0, 0.05) is 18.9 Å². The lowest BCUT2D eigenvalue weighted by atomic mass is 10.0. The fraction of sp³-hybridized carbons (Fsp3) is 0.200. The number of fused-ring (bicyclic) bond motifs is 1. The second-order valence-corrected chi connectivity index (χ2v) is 6.01. The maximum Gasteiger partial charge on any atom is 0.252 e. The number of nitrogens with one attached hydrogen (secondary N) is 1. The zero-order valence-corrected chi connectivity index (χ0v) is 14.7. The Hall–Kier alpha value is -3.08. The zero-order valence-electron chi connectivity index (χ0n) is 14.7. The number of imidazole rings is 1. The summed E-state index contributed by atoms with van der Waals surface area (Å²) in [5.41, 5.74) is 12.0. The number of carbonyl (C=O) groups is 1. The van der Waals surface area contributed by atoms with E-state index in [1.54, 1.807) is 7.05 Å². The molecule has 5 nitrogen and oxygen atoms in total. The van der Waals surface area contributed by atoms with Crippen molar-refractivity contribution in [3.05, 3.63) is 70.7 Å². The number of pyridine rings is 1. The molecule has 2 heterocycles. The van der Waals surface area contributed by atoms with Gasteiger partial charge in [0.15, 0.2) is 5.65 Å². The van der Waals surface area contributed by atoms with Crippen LogP contribution in [0.1, 0.15) is 32.9 Å². The molecule has 0 unspecified atom stereocenters. The molecule has 0 spiro atoms. The molecule has 1 amide bonds. The lowest BCUT2D eigenvalue weighted by Crippen LogP contribution is -2.21. The molecular weight excluding hydrogens is 312 g/mol. The first-order chi connectivity index (χ1) is 12.0. The molecule has 0 fully saturated rings. The number of nitrogens with zero attached hydrogens (tertiary/aromatic N) is 2. The van der Waals surface area contributed by atoms with E-state index in [0.29, 0.717) is 23.3 Å². The molecule has 0 aliphatic heterocycles. The highest BCUT2D eigenvalue weighted by Gasteiger charge is 2.18. The highest BCUT2D eigenvalue weighted by atomic mass is 16.1. The summed E-state index contributed by atoms with van der Waals surface area (Å²) in [6.45, 7) is 3.91. The van der Waals surface area contributed by atoms with Crippen LogP contribution in [0.15, 0.2) is 42.6 Å². The Morgan fingerprint density at radius 3 is 2.68 bits per heavy atom. The highest BCUT2D eigenvalue weighted by molar-refractivity contribution is 5.98. The van der Waals surface area contributed by atoms with Gasteiger partial charge in [-0.05, 0) is 31.4 Å². The van der Waals surface area contributed by atoms with Gasteiger partial charge in [-0.3, -0.25) is 4.79 Å². The molecule has 0 saturated heterocycles. The normalized spacial score (nSPS) is 11.3. The van der Waals surface area contributed by atoms with Crippen molar-refractivity contribution >= 4 is 23.3 Å². The van der Waals surface area contributed by atoms with Crippen molar-refractivity contribution in [3.8, 4) is 0 Å². The number of carbonyl (C=O) groups excluding carboxylic acids is 1. The second kappa shape index (κ2) is 6.81. The summed E-state index contributed by atoms with van der Waals surface area (Å²) in [4.78, 5) is 16.9. The van der Waals surface area contributed by atoms with Crippen LogP contribution in [0.3, 0.4) is 0 Å². The number of nitrogen functional groups attached to an aromatic ring is 1. The van der Waals surface area contributed by atoms with Crippen molar-refractivity contribution in [1.29, 1.82) is 0 Å². The molecule has 0 aliphatic rings. The summed E-state index contributed by atoms with van der Waals surface area (Å²) in [6.07, 6.45) is 6.43. The van der Waals surface area contributed by atoms with Crippen LogP contribution in [0.25, 0.3) is 11.7 Å². The van der Waals surface area contributed by atoms with Crippen LogP contribution >= 0.6 is 0 Å². The van der Waals surface area contributed by atoms with Gasteiger partial charge < -0.3 is 15.5 Å². The fourth-order valence-corrected chi connectivity index (χ4v) is 2.89. The van der Waals surface area contributed by atoms with E-state index in [9.17, 15) is 4.79 Å². The molecule has 0 saturated carbocycles. The molecule has 0 bridgehead atoms. The Morgan fingerprint density at radius 2 is 2.00 bits per heavy atom. The minimum absolute atomic E-state index is 0.150. The van der Waals surface area contributed by atoms with Gasteiger partial charge in [-0.2, -0.15) is 0 Å². The van der Waals surface area contributed by atoms with Crippen molar-refractivity contribution < 1.29 is 4.79 Å². The number of aromatic nitrogens is 2. The number of nitrogens with two attached hydrogens (primary N) is 1. The first-order valence-electron chi connectivity index (χ1n) is 8.23. The number of allylic oxidation sites excluding steroid dienone is 1. The number of hydrogen-bond acceptors (Lipinski definition) is 3. The molecule has 25 heavy (non-hydrogen) atoms. The largest absolute Gasteiger partial charge is 0.395 e. The van der Waals surface area contributed by atoms with Gasteiger partial charge in [0.05, 0.1) is 16.9 Å². The minimum atomic E-state index is -0.150. The smallest absolute Gasteiger partial charge is 0.252 e. The van der Waals surface area contributed by atoms with Crippen molar-refractivity contribution in [2.75, 3.05) is 12.8 Å². The van der Waals surface area contributed by atoms with Gasteiger partial charge in [-0.25, -0.2) is 4.98 Å². The van der Waals surface area contributed by atoms with Crippen LogP contribution in [0.2, 0.25) is 0 Å². The number of amides is 1. The Morgan fingerprint density at radius 1 is 1.28 bits per heavy atom. The molecule has 0 atom stereocenters. The maximum atomic E-state index is 12.4. The zero-order chi connectivity index (χ0) is 18.0. The van der Waals surface area contributed by atoms with E-state index in [4.69, 9.17) is 5.73 Å². The number of benzene rings is 1. The van der Waals surface area contributed by atoms with Crippen LogP contribution < -0.4 is 11.1 Å². The third-order valence-electron chi connectivity index (χ3n) is 4.44. The third-order valence-corrected chi connectivity index (χ3v) is 4.44. The minimum Gasteiger partial charge on any atom is -0.395 e. The van der Waals surface area contributed by atoms with Crippen molar-refractivity contribution in [3.63, 3.8) is 0 Å². The topological polar surface area (TPSA) is 72.4 Å². The molecule has 3 N–H and O–H groups in total. The Bertz CT molecular complexity index is 955. The Labute approximate surface area is 147 Å². The number of rotatable bonds is 4. The van der Waals surface area contributed by atoms with Gasteiger partial charge in [-0.1, -0.05) is 42.5 Å². The van der Waals surface area contributed by atoms with E-state index >= 15 is 0 Å². The fourth-order valence-electron chi connectivity index (χ4n) is 2.89.